The molecule has 0 aromatic heterocycles. The highest BCUT2D eigenvalue weighted by Crippen LogP contribution is 2.34. The van der Waals surface area contributed by atoms with Crippen LogP contribution in [-0.4, -0.2) is 16.8 Å². The van der Waals surface area contributed by atoms with Crippen molar-refractivity contribution in [3.05, 3.63) is 83.9 Å². The van der Waals surface area contributed by atoms with E-state index in [0.717, 1.165) is 0 Å². The predicted octanol–water partition coefficient (Wildman–Crippen LogP) is 3.97. The largest absolute Gasteiger partial charge is 0.218 e. The van der Waals surface area contributed by atoms with Gasteiger partial charge in [0, 0.05) is 0 Å². The molecular formula is C20H18O4S2. The Hall–Kier alpha value is -2.44. The standard InChI is InChI=1S/C20H18O4S2/c1-15-13-16(2)20(26(23,24)18-11-7-4-8-12-18)19(14-15)25(21,22)17-9-5-3-6-10-17/h3-14H,1-2H3. The first kappa shape index (κ1) is 18.4. The fourth-order valence-corrected chi connectivity index (χ4v) is 6.63. The molecule has 26 heavy (non-hydrogen) atoms. The van der Waals surface area contributed by atoms with E-state index in [1.165, 1.54) is 30.3 Å². The van der Waals surface area contributed by atoms with Gasteiger partial charge < -0.3 is 0 Å². The van der Waals surface area contributed by atoms with Crippen LogP contribution in [0.1, 0.15) is 11.1 Å². The lowest BCUT2D eigenvalue weighted by molar-refractivity contribution is 0.581. The highest BCUT2D eigenvalue weighted by atomic mass is 32.2. The fourth-order valence-electron chi connectivity index (χ4n) is 2.90. The maximum atomic E-state index is 13.2. The highest BCUT2D eigenvalue weighted by molar-refractivity contribution is 7.94. The summed E-state index contributed by atoms with van der Waals surface area (Å²) in [5.74, 6) is 0. The number of aryl methyl sites for hydroxylation is 2. The molecular weight excluding hydrogens is 368 g/mol. The summed E-state index contributed by atoms with van der Waals surface area (Å²) in [5, 5.41) is 0. The molecule has 0 N–H and O–H groups in total. The van der Waals surface area contributed by atoms with E-state index in [4.69, 9.17) is 0 Å². The molecule has 0 spiro atoms. The van der Waals surface area contributed by atoms with Crippen molar-refractivity contribution in [1.82, 2.24) is 0 Å². The van der Waals surface area contributed by atoms with Gasteiger partial charge in [0.15, 0.2) is 0 Å². The first-order valence-electron chi connectivity index (χ1n) is 7.96. The first-order valence-corrected chi connectivity index (χ1v) is 10.9. The number of sulfone groups is 2. The summed E-state index contributed by atoms with van der Waals surface area (Å²) in [6.45, 7) is 3.36. The monoisotopic (exact) mass is 386 g/mol. The summed E-state index contributed by atoms with van der Waals surface area (Å²) >= 11 is 0. The smallest absolute Gasteiger partial charge is 0.208 e. The molecule has 6 heteroatoms. The van der Waals surface area contributed by atoms with Crippen molar-refractivity contribution in [3.63, 3.8) is 0 Å². The van der Waals surface area contributed by atoms with E-state index in [1.807, 2.05) is 0 Å². The SMILES string of the molecule is Cc1cc(C)c(S(=O)(=O)c2ccccc2)c(S(=O)(=O)c2ccccc2)c1. The van der Waals surface area contributed by atoms with Gasteiger partial charge in [-0.15, -0.1) is 0 Å². The fraction of sp³-hybridized carbons (Fsp3) is 0.100. The van der Waals surface area contributed by atoms with Crippen molar-refractivity contribution in [3.8, 4) is 0 Å². The molecule has 0 unspecified atom stereocenters. The lowest BCUT2D eigenvalue weighted by Crippen LogP contribution is -2.13. The van der Waals surface area contributed by atoms with Crippen LogP contribution < -0.4 is 0 Å². The van der Waals surface area contributed by atoms with E-state index in [2.05, 4.69) is 0 Å². The summed E-state index contributed by atoms with van der Waals surface area (Å²) in [6.07, 6.45) is 0. The van der Waals surface area contributed by atoms with Crippen LogP contribution >= 0.6 is 0 Å². The molecule has 0 fully saturated rings. The molecule has 134 valence electrons. The van der Waals surface area contributed by atoms with Crippen LogP contribution in [0.5, 0.6) is 0 Å². The van der Waals surface area contributed by atoms with E-state index in [9.17, 15) is 16.8 Å². The Balaban J connectivity index is 2.36. The quantitative estimate of drug-likeness (QED) is 0.680. The second kappa shape index (κ2) is 6.70. The van der Waals surface area contributed by atoms with E-state index >= 15 is 0 Å². The van der Waals surface area contributed by atoms with Gasteiger partial charge in [-0.1, -0.05) is 42.5 Å². The molecule has 0 aliphatic rings. The molecule has 0 saturated heterocycles. The van der Waals surface area contributed by atoms with Crippen LogP contribution in [0.2, 0.25) is 0 Å². The van der Waals surface area contributed by atoms with Crippen LogP contribution in [-0.2, 0) is 19.7 Å². The van der Waals surface area contributed by atoms with Crippen LogP contribution in [0.25, 0.3) is 0 Å². The summed E-state index contributed by atoms with van der Waals surface area (Å²) in [7, 11) is -7.97. The van der Waals surface area contributed by atoms with E-state index in [1.54, 1.807) is 56.3 Å². The second-order valence-corrected chi connectivity index (χ2v) is 9.85. The molecule has 0 atom stereocenters. The summed E-state index contributed by atoms with van der Waals surface area (Å²) in [6, 6.07) is 18.8. The molecule has 0 saturated carbocycles. The Morgan fingerprint density at radius 1 is 0.615 bits per heavy atom. The zero-order valence-corrected chi connectivity index (χ0v) is 16.0. The minimum absolute atomic E-state index is 0.0644. The third-order valence-corrected chi connectivity index (χ3v) is 7.95. The van der Waals surface area contributed by atoms with Crippen molar-refractivity contribution < 1.29 is 16.8 Å². The van der Waals surface area contributed by atoms with Gasteiger partial charge in [-0.25, -0.2) is 16.8 Å². The lowest BCUT2D eigenvalue weighted by atomic mass is 10.2. The molecule has 0 aliphatic carbocycles. The zero-order chi connectivity index (χ0) is 18.9. The molecule has 0 bridgehead atoms. The average molecular weight is 386 g/mol. The van der Waals surface area contributed by atoms with E-state index in [0.29, 0.717) is 11.1 Å². The van der Waals surface area contributed by atoms with Gasteiger partial charge in [-0.05, 0) is 55.3 Å². The molecule has 3 aromatic carbocycles. The van der Waals surface area contributed by atoms with Gasteiger partial charge >= 0.3 is 0 Å². The maximum absolute atomic E-state index is 13.2. The van der Waals surface area contributed by atoms with Crippen LogP contribution in [0.3, 0.4) is 0 Å². The van der Waals surface area contributed by atoms with Crippen molar-refractivity contribution >= 4 is 19.7 Å². The van der Waals surface area contributed by atoms with E-state index < -0.39 is 19.7 Å². The number of hydrogen-bond acceptors (Lipinski definition) is 4. The van der Waals surface area contributed by atoms with Gasteiger partial charge in [-0.3, -0.25) is 0 Å². The molecule has 0 amide bonds. The highest BCUT2D eigenvalue weighted by Gasteiger charge is 2.31. The third kappa shape index (κ3) is 3.18. The Morgan fingerprint density at radius 3 is 1.58 bits per heavy atom. The molecule has 3 aromatic rings. The Kier molecular flexibility index (Phi) is 4.73. The molecule has 4 nitrogen and oxygen atoms in total. The number of hydrogen-bond donors (Lipinski definition) is 0. The van der Waals surface area contributed by atoms with Crippen molar-refractivity contribution in [1.29, 1.82) is 0 Å². The van der Waals surface area contributed by atoms with Gasteiger partial charge in [0.1, 0.15) is 0 Å². The average Bonchev–Trinajstić information content (AvgIpc) is 2.62. The first-order chi connectivity index (χ1) is 12.2. The van der Waals surface area contributed by atoms with Crippen molar-refractivity contribution in [2.45, 2.75) is 33.4 Å². The van der Waals surface area contributed by atoms with Gasteiger partial charge in [0.05, 0.1) is 19.6 Å². The van der Waals surface area contributed by atoms with Crippen LogP contribution in [0.4, 0.5) is 0 Å². The van der Waals surface area contributed by atoms with E-state index in [-0.39, 0.29) is 19.6 Å². The zero-order valence-electron chi connectivity index (χ0n) is 14.4. The summed E-state index contributed by atoms with van der Waals surface area (Å²) < 4.78 is 52.7. The molecule has 3 rings (SSSR count). The topological polar surface area (TPSA) is 68.3 Å². The molecule has 0 heterocycles. The predicted molar refractivity (Wildman–Crippen MR) is 99.7 cm³/mol. The molecule has 0 aliphatic heterocycles. The van der Waals surface area contributed by atoms with Gasteiger partial charge in [0.2, 0.25) is 19.7 Å². The Labute approximate surface area is 154 Å². The van der Waals surface area contributed by atoms with Crippen LogP contribution in [0.15, 0.2) is 92.4 Å². The van der Waals surface area contributed by atoms with Gasteiger partial charge in [-0.2, -0.15) is 0 Å². The van der Waals surface area contributed by atoms with Crippen LogP contribution in [0, 0.1) is 13.8 Å². The molecule has 0 radical (unpaired) electrons. The second-order valence-electron chi connectivity index (χ2n) is 6.04. The third-order valence-electron chi connectivity index (χ3n) is 4.05. The summed E-state index contributed by atoms with van der Waals surface area (Å²) in [4.78, 5) is -0.228. The Morgan fingerprint density at radius 2 is 1.08 bits per heavy atom. The van der Waals surface area contributed by atoms with Crippen molar-refractivity contribution in [2.24, 2.45) is 0 Å². The number of benzene rings is 3. The Bertz CT molecular complexity index is 1150. The lowest BCUT2D eigenvalue weighted by Gasteiger charge is -2.15. The minimum Gasteiger partial charge on any atom is -0.218 e. The van der Waals surface area contributed by atoms with Gasteiger partial charge in [0.25, 0.3) is 0 Å². The van der Waals surface area contributed by atoms with Crippen molar-refractivity contribution in [2.75, 3.05) is 0 Å². The maximum Gasteiger partial charge on any atom is 0.208 e. The minimum atomic E-state index is -3.99. The normalized spacial score (nSPS) is 12.1. The summed E-state index contributed by atoms with van der Waals surface area (Å²) in [5.41, 5.74) is 1.09. The number of rotatable bonds is 4.